The lowest BCUT2D eigenvalue weighted by molar-refractivity contribution is -0.132. The normalized spacial score (nSPS) is 17.4. The Bertz CT molecular complexity index is 1040. The number of fused-ring (bicyclic) bond motifs is 1. The zero-order chi connectivity index (χ0) is 23.5. The molecule has 176 valence electrons. The average molecular weight is 454 g/mol. The molecule has 4 rings (SSSR count). The number of likely N-dealkylation sites (N-methyl/N-ethyl adjacent to an activating group) is 1. The largest absolute Gasteiger partial charge is 0.465 e. The van der Waals surface area contributed by atoms with Crippen LogP contribution in [0.1, 0.15) is 24.5 Å². The van der Waals surface area contributed by atoms with Crippen molar-refractivity contribution in [3.63, 3.8) is 0 Å². The second-order valence-electron chi connectivity index (χ2n) is 8.86. The number of piperazine rings is 1. The van der Waals surface area contributed by atoms with Gasteiger partial charge in [0.15, 0.2) is 0 Å². The van der Waals surface area contributed by atoms with Crippen LogP contribution in [0, 0.1) is 0 Å². The lowest BCUT2D eigenvalue weighted by Crippen LogP contribution is -2.44. The predicted molar refractivity (Wildman–Crippen MR) is 126 cm³/mol. The molecule has 2 aliphatic rings. The number of carbonyl (C=O) groups is 2. The molecule has 10 heteroatoms. The van der Waals surface area contributed by atoms with Gasteiger partial charge in [0.25, 0.3) is 0 Å². The number of hydrogen-bond acceptors (Lipinski definition) is 7. The highest BCUT2D eigenvalue weighted by Crippen LogP contribution is 2.28. The van der Waals surface area contributed by atoms with E-state index < -0.39 is 12.1 Å². The first kappa shape index (κ1) is 22.8. The maximum absolute atomic E-state index is 12.7. The van der Waals surface area contributed by atoms with E-state index in [4.69, 9.17) is 10.8 Å². The maximum atomic E-state index is 12.7. The van der Waals surface area contributed by atoms with Crippen LogP contribution in [0.3, 0.4) is 0 Å². The van der Waals surface area contributed by atoms with Crippen LogP contribution in [0.2, 0.25) is 0 Å². The van der Waals surface area contributed by atoms with Gasteiger partial charge in [-0.25, -0.2) is 9.78 Å². The van der Waals surface area contributed by atoms with Gasteiger partial charge in [0.2, 0.25) is 11.9 Å². The molecule has 1 aromatic heterocycles. The molecular formula is C23H31N7O3. The fraction of sp³-hybridized carbons (Fsp3) is 0.478. The fourth-order valence-corrected chi connectivity index (χ4v) is 4.38. The van der Waals surface area contributed by atoms with Crippen molar-refractivity contribution in [3.8, 4) is 11.3 Å². The molecule has 2 aromatic rings. The quantitative estimate of drug-likeness (QED) is 0.620. The zero-order valence-electron chi connectivity index (χ0n) is 19.1. The molecule has 0 bridgehead atoms. The smallest absolute Gasteiger partial charge is 0.404 e. The van der Waals surface area contributed by atoms with E-state index in [1.54, 1.807) is 11.8 Å². The van der Waals surface area contributed by atoms with E-state index in [0.29, 0.717) is 13.1 Å². The summed E-state index contributed by atoms with van der Waals surface area (Å²) in [4.78, 5) is 38.7. The van der Waals surface area contributed by atoms with Crippen molar-refractivity contribution in [2.24, 2.45) is 0 Å². The Balaban J connectivity index is 1.51. The van der Waals surface area contributed by atoms with Gasteiger partial charge < -0.3 is 30.9 Å². The third kappa shape index (κ3) is 5.51. The minimum Gasteiger partial charge on any atom is -0.465 e. The van der Waals surface area contributed by atoms with Crippen LogP contribution in [0.5, 0.6) is 0 Å². The lowest BCUT2D eigenvalue weighted by Gasteiger charge is -2.33. The van der Waals surface area contributed by atoms with Gasteiger partial charge in [-0.1, -0.05) is 12.1 Å². The molecule has 0 spiro atoms. The third-order valence-electron chi connectivity index (χ3n) is 6.27. The summed E-state index contributed by atoms with van der Waals surface area (Å²) in [5.41, 5.74) is 10.0. The van der Waals surface area contributed by atoms with E-state index in [0.717, 1.165) is 55.2 Å². The number of aromatic nitrogens is 2. The van der Waals surface area contributed by atoms with Gasteiger partial charge >= 0.3 is 6.09 Å². The lowest BCUT2D eigenvalue weighted by atomic mass is 9.96. The molecule has 1 saturated heterocycles. The highest BCUT2D eigenvalue weighted by Gasteiger charge is 2.23. The highest BCUT2D eigenvalue weighted by atomic mass is 16.4. The summed E-state index contributed by atoms with van der Waals surface area (Å²) in [7, 11) is 2.11. The minimum absolute atomic E-state index is 0.0593. The van der Waals surface area contributed by atoms with Gasteiger partial charge in [-0.15, -0.1) is 0 Å². The van der Waals surface area contributed by atoms with Crippen LogP contribution in [0.4, 0.5) is 16.6 Å². The molecule has 2 amide bonds. The molecule has 1 atom stereocenters. The van der Waals surface area contributed by atoms with Gasteiger partial charge in [-0.2, -0.15) is 4.98 Å². The number of amides is 2. The van der Waals surface area contributed by atoms with Crippen LogP contribution in [0.15, 0.2) is 24.3 Å². The van der Waals surface area contributed by atoms with Crippen molar-refractivity contribution in [2.75, 3.05) is 50.4 Å². The Morgan fingerprint density at radius 1 is 1.12 bits per heavy atom. The Morgan fingerprint density at radius 2 is 1.88 bits per heavy atom. The van der Waals surface area contributed by atoms with Gasteiger partial charge in [0.1, 0.15) is 5.82 Å². The van der Waals surface area contributed by atoms with Gasteiger partial charge in [0.05, 0.1) is 5.69 Å². The first-order valence-electron chi connectivity index (χ1n) is 11.3. The predicted octanol–water partition coefficient (Wildman–Crippen LogP) is 1.41. The van der Waals surface area contributed by atoms with Crippen LogP contribution in [-0.4, -0.2) is 82.7 Å². The van der Waals surface area contributed by atoms with Crippen LogP contribution in [-0.2, 0) is 17.8 Å². The van der Waals surface area contributed by atoms with Gasteiger partial charge in [-0.3, -0.25) is 4.79 Å². The second kappa shape index (κ2) is 9.62. The van der Waals surface area contributed by atoms with Crippen LogP contribution >= 0.6 is 0 Å². The molecule has 0 radical (unpaired) electrons. The van der Waals surface area contributed by atoms with Crippen molar-refractivity contribution in [2.45, 2.75) is 32.4 Å². The molecule has 10 nitrogen and oxygen atoms in total. The molecule has 0 aliphatic carbocycles. The summed E-state index contributed by atoms with van der Waals surface area (Å²) in [6, 6.07) is 7.76. The molecule has 0 saturated carbocycles. The Labute approximate surface area is 193 Å². The van der Waals surface area contributed by atoms with E-state index >= 15 is 0 Å². The molecule has 33 heavy (non-hydrogen) atoms. The van der Waals surface area contributed by atoms with Crippen molar-refractivity contribution in [3.05, 3.63) is 35.4 Å². The number of hydrogen-bond donors (Lipinski definition) is 3. The molecular weight excluding hydrogens is 422 g/mol. The summed E-state index contributed by atoms with van der Waals surface area (Å²) >= 11 is 0. The molecule has 3 heterocycles. The van der Waals surface area contributed by atoms with Crippen LogP contribution < -0.4 is 16.0 Å². The highest BCUT2D eigenvalue weighted by molar-refractivity contribution is 5.78. The van der Waals surface area contributed by atoms with Crippen molar-refractivity contribution < 1.29 is 14.7 Å². The number of nitrogen functional groups attached to an aromatic ring is 1. The maximum Gasteiger partial charge on any atom is 0.404 e. The third-order valence-corrected chi connectivity index (χ3v) is 6.27. The summed E-state index contributed by atoms with van der Waals surface area (Å²) < 4.78 is 0. The van der Waals surface area contributed by atoms with E-state index in [9.17, 15) is 9.59 Å². The first-order valence-corrected chi connectivity index (χ1v) is 11.3. The van der Waals surface area contributed by atoms with Crippen molar-refractivity contribution in [1.29, 1.82) is 0 Å². The standard InChI is InChI=1S/C23H31N7O3/c1-15(25-23(32)33)11-21(31)30-6-5-16-3-4-17(12-18(16)14-30)19-13-20(27-22(24)26-19)29-9-7-28(2)8-10-29/h3-4,12-13,15,25H,5-11,14H2,1-2H3,(H,32,33)(H2,24,26,27). The summed E-state index contributed by atoms with van der Waals surface area (Å²) in [5, 5.41) is 11.2. The Hall–Kier alpha value is -3.40. The van der Waals surface area contributed by atoms with E-state index in [1.807, 2.05) is 12.1 Å². The van der Waals surface area contributed by atoms with E-state index in [2.05, 4.69) is 44.3 Å². The molecule has 1 fully saturated rings. The zero-order valence-corrected chi connectivity index (χ0v) is 19.1. The molecule has 4 N–H and O–H groups in total. The second-order valence-corrected chi connectivity index (χ2v) is 8.86. The molecule has 2 aliphatic heterocycles. The number of nitrogens with two attached hydrogens (primary N) is 1. The number of benzene rings is 1. The fourth-order valence-electron chi connectivity index (χ4n) is 4.38. The average Bonchev–Trinajstić information content (AvgIpc) is 2.77. The molecule has 1 aromatic carbocycles. The molecule has 1 unspecified atom stereocenters. The monoisotopic (exact) mass is 453 g/mol. The number of nitrogens with one attached hydrogen (secondary N) is 1. The van der Waals surface area contributed by atoms with Gasteiger partial charge in [0, 0.05) is 63.4 Å². The number of rotatable bonds is 5. The van der Waals surface area contributed by atoms with E-state index in [-0.39, 0.29) is 18.3 Å². The van der Waals surface area contributed by atoms with Crippen LogP contribution in [0.25, 0.3) is 11.3 Å². The minimum atomic E-state index is -1.12. The van der Waals surface area contributed by atoms with E-state index in [1.165, 1.54) is 5.56 Å². The number of anilines is 2. The first-order chi connectivity index (χ1) is 15.8. The van der Waals surface area contributed by atoms with Gasteiger partial charge in [-0.05, 0) is 37.6 Å². The Morgan fingerprint density at radius 3 is 2.61 bits per heavy atom. The van der Waals surface area contributed by atoms with Crippen molar-refractivity contribution in [1.82, 2.24) is 25.1 Å². The van der Waals surface area contributed by atoms with Crippen molar-refractivity contribution >= 4 is 23.8 Å². The topological polar surface area (TPSA) is 128 Å². The number of nitrogens with zero attached hydrogens (tertiary/aromatic N) is 5. The summed E-state index contributed by atoms with van der Waals surface area (Å²) in [6.07, 6.45) is -0.220. The summed E-state index contributed by atoms with van der Waals surface area (Å²) in [6.45, 7) is 6.54. The summed E-state index contributed by atoms with van der Waals surface area (Å²) in [5.74, 6) is 1.02. The SMILES string of the molecule is CC(CC(=O)N1CCc2ccc(-c3cc(N4CCN(C)CC4)nc(N)n3)cc2C1)NC(=O)O. The number of carbonyl (C=O) groups excluding carboxylic acids is 1. The Kier molecular flexibility index (Phi) is 6.64. The number of carboxylic acid groups (broad SMARTS) is 1.